The molecule has 0 radical (unpaired) electrons. The van der Waals surface area contributed by atoms with Crippen molar-refractivity contribution in [1.29, 1.82) is 0 Å². The molecule has 2 rings (SSSR count). The van der Waals surface area contributed by atoms with Crippen LogP contribution in [0.4, 0.5) is 0 Å². The average molecular weight is 313 g/mol. The number of hydrogen-bond donors (Lipinski definition) is 2. The lowest BCUT2D eigenvalue weighted by Crippen LogP contribution is -2.36. The molecule has 2 N–H and O–H groups in total. The molecule has 0 bridgehead atoms. The van der Waals surface area contributed by atoms with Crippen LogP contribution in [-0.2, 0) is 9.59 Å². The van der Waals surface area contributed by atoms with E-state index in [1.54, 1.807) is 0 Å². The van der Waals surface area contributed by atoms with Gasteiger partial charge in [0.05, 0.1) is 12.5 Å². The van der Waals surface area contributed by atoms with Gasteiger partial charge < -0.3 is 10.4 Å². The van der Waals surface area contributed by atoms with Crippen LogP contribution in [0.15, 0.2) is 42.5 Å². The van der Waals surface area contributed by atoms with Gasteiger partial charge in [0.25, 0.3) is 0 Å². The summed E-state index contributed by atoms with van der Waals surface area (Å²) in [5.41, 5.74) is 0.842. The fourth-order valence-corrected chi connectivity index (χ4v) is 2.57. The van der Waals surface area contributed by atoms with E-state index in [-0.39, 0.29) is 24.2 Å². The van der Waals surface area contributed by atoms with Crippen LogP contribution in [0.3, 0.4) is 0 Å². The second kappa shape index (κ2) is 7.27. The molecule has 0 aliphatic rings. The summed E-state index contributed by atoms with van der Waals surface area (Å²) in [7, 11) is 0. The lowest BCUT2D eigenvalue weighted by Gasteiger charge is -2.23. The molecule has 4 heteroatoms. The van der Waals surface area contributed by atoms with Crippen LogP contribution in [0.2, 0.25) is 0 Å². The van der Waals surface area contributed by atoms with E-state index in [2.05, 4.69) is 5.32 Å². The first kappa shape index (κ1) is 17.0. The van der Waals surface area contributed by atoms with E-state index in [9.17, 15) is 14.7 Å². The number of carbonyl (C=O) groups is 2. The first-order valence-corrected chi connectivity index (χ1v) is 7.90. The molecular formula is C19H23NO3. The van der Waals surface area contributed by atoms with Gasteiger partial charge in [0.1, 0.15) is 0 Å². The third kappa shape index (κ3) is 4.09. The van der Waals surface area contributed by atoms with Gasteiger partial charge in [-0.25, -0.2) is 0 Å². The number of carbonyl (C=O) groups excluding carboxylic acids is 1. The van der Waals surface area contributed by atoms with Gasteiger partial charge in [-0.1, -0.05) is 63.2 Å². The Hall–Kier alpha value is -2.36. The van der Waals surface area contributed by atoms with Crippen LogP contribution >= 0.6 is 0 Å². The largest absolute Gasteiger partial charge is 0.481 e. The molecule has 2 aromatic rings. The van der Waals surface area contributed by atoms with Gasteiger partial charge in [-0.3, -0.25) is 9.59 Å². The molecule has 0 aliphatic heterocycles. The van der Waals surface area contributed by atoms with E-state index in [4.69, 9.17) is 0 Å². The predicted octanol–water partition coefficient (Wildman–Crippen LogP) is 3.76. The molecule has 0 spiro atoms. The van der Waals surface area contributed by atoms with Crippen molar-refractivity contribution in [3.63, 3.8) is 0 Å². The SMILES string of the molecule is CC(C)C(C)C(=O)N[C@H](CC(=O)O)c1cccc2ccccc12. The number of benzene rings is 2. The Bertz CT molecular complexity index is 703. The predicted molar refractivity (Wildman–Crippen MR) is 91.1 cm³/mol. The van der Waals surface area contributed by atoms with Crippen LogP contribution in [-0.4, -0.2) is 17.0 Å². The molecule has 0 aromatic heterocycles. The van der Waals surface area contributed by atoms with Gasteiger partial charge in [0, 0.05) is 5.92 Å². The Morgan fingerprint density at radius 1 is 1.04 bits per heavy atom. The molecule has 2 atom stereocenters. The summed E-state index contributed by atoms with van der Waals surface area (Å²) < 4.78 is 0. The van der Waals surface area contributed by atoms with Crippen molar-refractivity contribution in [3.8, 4) is 0 Å². The molecule has 0 saturated carbocycles. The molecule has 1 unspecified atom stereocenters. The van der Waals surface area contributed by atoms with Gasteiger partial charge in [0.15, 0.2) is 0 Å². The summed E-state index contributed by atoms with van der Waals surface area (Å²) in [4.78, 5) is 23.6. The van der Waals surface area contributed by atoms with E-state index < -0.39 is 12.0 Å². The van der Waals surface area contributed by atoms with Crippen molar-refractivity contribution in [3.05, 3.63) is 48.0 Å². The lowest BCUT2D eigenvalue weighted by molar-refractivity contribution is -0.138. The second-order valence-corrected chi connectivity index (χ2v) is 6.26. The van der Waals surface area contributed by atoms with Crippen molar-refractivity contribution in [1.82, 2.24) is 5.32 Å². The maximum absolute atomic E-state index is 12.4. The first-order valence-electron chi connectivity index (χ1n) is 7.90. The minimum atomic E-state index is -0.930. The fraction of sp³-hybridized carbons (Fsp3) is 0.368. The van der Waals surface area contributed by atoms with Crippen molar-refractivity contribution in [2.45, 2.75) is 33.2 Å². The van der Waals surface area contributed by atoms with Crippen molar-refractivity contribution < 1.29 is 14.7 Å². The lowest BCUT2D eigenvalue weighted by atomic mass is 9.94. The summed E-state index contributed by atoms with van der Waals surface area (Å²) in [6.45, 7) is 5.82. The number of rotatable bonds is 6. The van der Waals surface area contributed by atoms with Crippen molar-refractivity contribution in [2.24, 2.45) is 11.8 Å². The molecule has 0 fully saturated rings. The molecule has 2 aromatic carbocycles. The molecule has 23 heavy (non-hydrogen) atoms. The summed E-state index contributed by atoms with van der Waals surface area (Å²) in [6, 6.07) is 13.0. The van der Waals surface area contributed by atoms with Crippen LogP contribution in [0.5, 0.6) is 0 Å². The topological polar surface area (TPSA) is 66.4 Å². The first-order chi connectivity index (χ1) is 10.9. The standard InChI is InChI=1S/C19H23NO3/c1-12(2)13(3)19(23)20-17(11-18(21)22)16-10-6-8-14-7-4-5-9-15(14)16/h4-10,12-13,17H,11H2,1-3H3,(H,20,23)(H,21,22)/t13?,17-/m1/s1. The van der Waals surface area contributed by atoms with Gasteiger partial charge in [-0.05, 0) is 22.3 Å². The highest BCUT2D eigenvalue weighted by Crippen LogP contribution is 2.27. The Balaban J connectivity index is 2.38. The van der Waals surface area contributed by atoms with Crippen molar-refractivity contribution >= 4 is 22.6 Å². The van der Waals surface area contributed by atoms with Crippen LogP contribution < -0.4 is 5.32 Å². The van der Waals surface area contributed by atoms with E-state index in [0.717, 1.165) is 16.3 Å². The second-order valence-electron chi connectivity index (χ2n) is 6.26. The number of aliphatic carboxylic acids is 1. The maximum Gasteiger partial charge on any atom is 0.305 e. The number of carboxylic acids is 1. The summed E-state index contributed by atoms with van der Waals surface area (Å²) >= 11 is 0. The fourth-order valence-electron chi connectivity index (χ4n) is 2.57. The summed E-state index contributed by atoms with van der Waals surface area (Å²) in [5.74, 6) is -1.01. The minimum absolute atomic E-state index is 0.112. The molecular weight excluding hydrogens is 290 g/mol. The summed E-state index contributed by atoms with van der Waals surface area (Å²) in [6.07, 6.45) is -0.134. The number of hydrogen-bond acceptors (Lipinski definition) is 2. The Labute approximate surface area is 136 Å². The normalized spacial score (nSPS) is 13.7. The molecule has 122 valence electrons. The molecule has 0 heterocycles. The number of fused-ring (bicyclic) bond motifs is 1. The highest BCUT2D eigenvalue weighted by Gasteiger charge is 2.24. The summed E-state index contributed by atoms with van der Waals surface area (Å²) in [5, 5.41) is 14.1. The van der Waals surface area contributed by atoms with Gasteiger partial charge in [0.2, 0.25) is 5.91 Å². The third-order valence-electron chi connectivity index (χ3n) is 4.31. The Morgan fingerprint density at radius 3 is 2.35 bits per heavy atom. The zero-order chi connectivity index (χ0) is 17.0. The third-order valence-corrected chi connectivity index (χ3v) is 4.31. The minimum Gasteiger partial charge on any atom is -0.481 e. The number of carboxylic acid groups (broad SMARTS) is 1. The van der Waals surface area contributed by atoms with Crippen LogP contribution in [0.1, 0.15) is 38.8 Å². The zero-order valence-electron chi connectivity index (χ0n) is 13.7. The number of nitrogens with one attached hydrogen (secondary N) is 1. The van der Waals surface area contributed by atoms with E-state index in [1.807, 2.05) is 63.2 Å². The van der Waals surface area contributed by atoms with Gasteiger partial charge in [-0.15, -0.1) is 0 Å². The molecule has 0 saturated heterocycles. The Kier molecular flexibility index (Phi) is 5.37. The average Bonchev–Trinajstić information content (AvgIpc) is 2.52. The smallest absolute Gasteiger partial charge is 0.305 e. The van der Waals surface area contributed by atoms with Gasteiger partial charge >= 0.3 is 5.97 Å². The number of amides is 1. The highest BCUT2D eigenvalue weighted by molar-refractivity contribution is 5.88. The van der Waals surface area contributed by atoms with Crippen LogP contribution in [0, 0.1) is 11.8 Å². The van der Waals surface area contributed by atoms with E-state index in [1.165, 1.54) is 0 Å². The molecule has 1 amide bonds. The maximum atomic E-state index is 12.4. The van der Waals surface area contributed by atoms with Gasteiger partial charge in [-0.2, -0.15) is 0 Å². The quantitative estimate of drug-likeness (QED) is 0.853. The van der Waals surface area contributed by atoms with E-state index >= 15 is 0 Å². The van der Waals surface area contributed by atoms with E-state index in [0.29, 0.717) is 0 Å². The Morgan fingerprint density at radius 2 is 1.70 bits per heavy atom. The molecule has 4 nitrogen and oxygen atoms in total. The zero-order valence-corrected chi connectivity index (χ0v) is 13.7. The highest BCUT2D eigenvalue weighted by atomic mass is 16.4. The monoisotopic (exact) mass is 313 g/mol. The molecule has 0 aliphatic carbocycles. The van der Waals surface area contributed by atoms with Crippen LogP contribution in [0.25, 0.3) is 10.8 Å². The van der Waals surface area contributed by atoms with Crippen molar-refractivity contribution in [2.75, 3.05) is 0 Å².